The highest BCUT2D eigenvalue weighted by Gasteiger charge is 2.03. The molecule has 5 nitrogen and oxygen atoms in total. The molecule has 2 N–H and O–H groups in total. The molecule has 0 saturated heterocycles. The number of benzene rings is 1. The Hall–Kier alpha value is -2.47. The van der Waals surface area contributed by atoms with Crippen LogP contribution >= 0.6 is 15.9 Å². The molecule has 116 valence electrons. The SMILES string of the molecule is Cc1cc(Br)ccc1Nc1ccnc(NCc2cccnc2)n1. The van der Waals surface area contributed by atoms with Gasteiger partial charge in [0, 0.05) is 35.3 Å². The fourth-order valence-electron chi connectivity index (χ4n) is 2.10. The maximum Gasteiger partial charge on any atom is 0.224 e. The molecule has 0 aliphatic heterocycles. The minimum atomic E-state index is 0.577. The van der Waals surface area contributed by atoms with E-state index in [1.54, 1.807) is 12.4 Å². The molecule has 2 aromatic heterocycles. The number of anilines is 3. The third-order valence-electron chi connectivity index (χ3n) is 3.28. The highest BCUT2D eigenvalue weighted by atomic mass is 79.9. The van der Waals surface area contributed by atoms with Gasteiger partial charge in [-0.15, -0.1) is 0 Å². The molecule has 0 aliphatic carbocycles. The third kappa shape index (κ3) is 4.26. The van der Waals surface area contributed by atoms with Crippen LogP contribution in [0, 0.1) is 6.92 Å². The summed E-state index contributed by atoms with van der Waals surface area (Å²) in [6.45, 7) is 2.68. The third-order valence-corrected chi connectivity index (χ3v) is 3.77. The first kappa shape index (κ1) is 15.4. The van der Waals surface area contributed by atoms with Gasteiger partial charge in [-0.3, -0.25) is 4.98 Å². The van der Waals surface area contributed by atoms with Gasteiger partial charge in [0.1, 0.15) is 5.82 Å². The van der Waals surface area contributed by atoms with Crippen LogP contribution in [-0.2, 0) is 6.54 Å². The Kier molecular flexibility index (Phi) is 4.83. The van der Waals surface area contributed by atoms with E-state index in [1.807, 2.05) is 36.5 Å². The first-order valence-corrected chi connectivity index (χ1v) is 7.99. The van der Waals surface area contributed by atoms with Crippen LogP contribution in [-0.4, -0.2) is 15.0 Å². The van der Waals surface area contributed by atoms with Crippen LogP contribution < -0.4 is 10.6 Å². The summed E-state index contributed by atoms with van der Waals surface area (Å²) in [6, 6.07) is 11.8. The van der Waals surface area contributed by atoms with Crippen LogP contribution in [0.15, 0.2) is 59.5 Å². The lowest BCUT2D eigenvalue weighted by atomic mass is 10.2. The van der Waals surface area contributed by atoms with Crippen molar-refractivity contribution < 1.29 is 0 Å². The molecular formula is C17H16BrN5. The van der Waals surface area contributed by atoms with E-state index < -0.39 is 0 Å². The molecule has 0 aliphatic rings. The van der Waals surface area contributed by atoms with Gasteiger partial charge in [-0.25, -0.2) is 4.98 Å². The zero-order chi connectivity index (χ0) is 16.1. The Morgan fingerprint density at radius 1 is 1.13 bits per heavy atom. The molecule has 1 aromatic carbocycles. The lowest BCUT2D eigenvalue weighted by molar-refractivity contribution is 1.04. The molecule has 6 heteroatoms. The van der Waals surface area contributed by atoms with Crippen molar-refractivity contribution in [3.8, 4) is 0 Å². The van der Waals surface area contributed by atoms with Crippen molar-refractivity contribution in [3.05, 3.63) is 70.6 Å². The Balaban J connectivity index is 1.69. The average Bonchev–Trinajstić information content (AvgIpc) is 2.57. The van der Waals surface area contributed by atoms with Crippen molar-refractivity contribution >= 4 is 33.4 Å². The minimum absolute atomic E-state index is 0.577. The molecule has 3 rings (SSSR count). The molecule has 0 bridgehead atoms. The van der Waals surface area contributed by atoms with Gasteiger partial charge in [0.25, 0.3) is 0 Å². The monoisotopic (exact) mass is 369 g/mol. The summed E-state index contributed by atoms with van der Waals surface area (Å²) in [7, 11) is 0. The largest absolute Gasteiger partial charge is 0.350 e. The maximum absolute atomic E-state index is 4.48. The molecule has 0 saturated carbocycles. The van der Waals surface area contributed by atoms with Crippen molar-refractivity contribution in [2.75, 3.05) is 10.6 Å². The number of halogens is 1. The quantitative estimate of drug-likeness (QED) is 0.701. The highest BCUT2D eigenvalue weighted by Crippen LogP contribution is 2.23. The van der Waals surface area contributed by atoms with E-state index in [4.69, 9.17) is 0 Å². The van der Waals surface area contributed by atoms with Gasteiger partial charge in [-0.1, -0.05) is 22.0 Å². The normalized spacial score (nSPS) is 10.3. The standard InChI is InChI=1S/C17H16BrN5/c1-12-9-14(18)4-5-15(12)22-16-6-8-20-17(23-16)21-11-13-3-2-7-19-10-13/h2-10H,11H2,1H3,(H2,20,21,22,23). The lowest BCUT2D eigenvalue weighted by Gasteiger charge is -2.10. The van der Waals surface area contributed by atoms with E-state index in [0.29, 0.717) is 12.5 Å². The average molecular weight is 370 g/mol. The highest BCUT2D eigenvalue weighted by molar-refractivity contribution is 9.10. The lowest BCUT2D eigenvalue weighted by Crippen LogP contribution is -2.05. The van der Waals surface area contributed by atoms with Crippen LogP contribution in [0.2, 0.25) is 0 Å². The number of nitrogens with zero attached hydrogens (tertiary/aromatic N) is 3. The topological polar surface area (TPSA) is 62.7 Å². The van der Waals surface area contributed by atoms with Crippen LogP contribution in [0.1, 0.15) is 11.1 Å². The molecule has 0 amide bonds. The van der Waals surface area contributed by atoms with Crippen LogP contribution in [0.25, 0.3) is 0 Å². The summed E-state index contributed by atoms with van der Waals surface area (Å²) in [5, 5.41) is 6.51. The summed E-state index contributed by atoms with van der Waals surface area (Å²) in [5.74, 6) is 1.33. The molecule has 0 unspecified atom stereocenters. The Morgan fingerprint density at radius 3 is 2.83 bits per heavy atom. The number of pyridine rings is 1. The molecule has 23 heavy (non-hydrogen) atoms. The first-order valence-electron chi connectivity index (χ1n) is 7.20. The van der Waals surface area contributed by atoms with E-state index in [-0.39, 0.29) is 0 Å². The van der Waals surface area contributed by atoms with Gasteiger partial charge < -0.3 is 10.6 Å². The predicted molar refractivity (Wildman–Crippen MR) is 95.8 cm³/mol. The van der Waals surface area contributed by atoms with Crippen LogP contribution in [0.4, 0.5) is 17.5 Å². The van der Waals surface area contributed by atoms with E-state index in [0.717, 1.165) is 27.1 Å². The molecular weight excluding hydrogens is 354 g/mol. The number of aryl methyl sites for hydroxylation is 1. The molecule has 3 aromatic rings. The van der Waals surface area contributed by atoms with Crippen molar-refractivity contribution in [1.29, 1.82) is 0 Å². The number of hydrogen-bond donors (Lipinski definition) is 2. The maximum atomic E-state index is 4.48. The van der Waals surface area contributed by atoms with E-state index >= 15 is 0 Å². The van der Waals surface area contributed by atoms with Gasteiger partial charge in [-0.2, -0.15) is 4.98 Å². The van der Waals surface area contributed by atoms with Gasteiger partial charge in [0.15, 0.2) is 0 Å². The molecule has 0 fully saturated rings. The Morgan fingerprint density at radius 2 is 2.04 bits per heavy atom. The Bertz CT molecular complexity index is 792. The Labute approximate surface area is 143 Å². The molecule has 0 atom stereocenters. The van der Waals surface area contributed by atoms with E-state index in [2.05, 4.69) is 54.5 Å². The first-order chi connectivity index (χ1) is 11.2. The summed E-state index contributed by atoms with van der Waals surface area (Å²) in [6.07, 6.45) is 5.31. The van der Waals surface area contributed by atoms with Crippen molar-refractivity contribution in [2.45, 2.75) is 13.5 Å². The summed E-state index contributed by atoms with van der Waals surface area (Å²) in [4.78, 5) is 12.8. The zero-order valence-corrected chi connectivity index (χ0v) is 14.2. The molecule has 2 heterocycles. The van der Waals surface area contributed by atoms with Gasteiger partial charge in [0.2, 0.25) is 5.95 Å². The van der Waals surface area contributed by atoms with Crippen molar-refractivity contribution in [1.82, 2.24) is 15.0 Å². The zero-order valence-electron chi connectivity index (χ0n) is 12.6. The smallest absolute Gasteiger partial charge is 0.224 e. The van der Waals surface area contributed by atoms with Gasteiger partial charge in [0.05, 0.1) is 0 Å². The molecule has 0 spiro atoms. The van der Waals surface area contributed by atoms with Crippen LogP contribution in [0.3, 0.4) is 0 Å². The van der Waals surface area contributed by atoms with Crippen LogP contribution in [0.5, 0.6) is 0 Å². The predicted octanol–water partition coefficient (Wildman–Crippen LogP) is 4.30. The van der Waals surface area contributed by atoms with Crippen molar-refractivity contribution in [3.63, 3.8) is 0 Å². The summed E-state index contributed by atoms with van der Waals surface area (Å²) >= 11 is 3.47. The minimum Gasteiger partial charge on any atom is -0.350 e. The number of aromatic nitrogens is 3. The van der Waals surface area contributed by atoms with Gasteiger partial charge in [-0.05, 0) is 48.4 Å². The van der Waals surface area contributed by atoms with Gasteiger partial charge >= 0.3 is 0 Å². The fraction of sp³-hybridized carbons (Fsp3) is 0.118. The fourth-order valence-corrected chi connectivity index (χ4v) is 2.58. The summed E-state index contributed by atoms with van der Waals surface area (Å²) in [5.41, 5.74) is 3.24. The van der Waals surface area contributed by atoms with E-state index in [9.17, 15) is 0 Å². The number of nitrogens with one attached hydrogen (secondary N) is 2. The van der Waals surface area contributed by atoms with Crippen molar-refractivity contribution in [2.24, 2.45) is 0 Å². The number of hydrogen-bond acceptors (Lipinski definition) is 5. The number of rotatable bonds is 5. The second-order valence-electron chi connectivity index (χ2n) is 5.06. The summed E-state index contributed by atoms with van der Waals surface area (Å²) < 4.78 is 1.06. The van der Waals surface area contributed by atoms with E-state index in [1.165, 1.54) is 0 Å². The second-order valence-corrected chi connectivity index (χ2v) is 5.98. The second kappa shape index (κ2) is 7.19. The molecule has 0 radical (unpaired) electrons.